The predicted molar refractivity (Wildman–Crippen MR) is 108 cm³/mol. The Bertz CT molecular complexity index is 1270. The van der Waals surface area contributed by atoms with Crippen molar-refractivity contribution in [2.45, 2.75) is 12.8 Å². The Kier molecular flexibility index (Phi) is 4.39. The van der Waals surface area contributed by atoms with Crippen LogP contribution in [0.4, 0.5) is 10.2 Å². The Morgan fingerprint density at radius 3 is 2.93 bits per heavy atom. The zero-order valence-electron chi connectivity index (χ0n) is 16.2. The average molecular weight is 403 g/mol. The summed E-state index contributed by atoms with van der Waals surface area (Å²) in [6.07, 6.45) is 5.99. The van der Waals surface area contributed by atoms with Crippen LogP contribution in [-0.2, 0) is 12.8 Å². The Hall–Kier alpha value is -3.81. The lowest BCUT2D eigenvalue weighted by Gasteiger charge is -2.29. The molecule has 0 unspecified atom stereocenters. The monoisotopic (exact) mass is 403 g/mol. The summed E-state index contributed by atoms with van der Waals surface area (Å²) in [5.41, 5.74) is 4.07. The van der Waals surface area contributed by atoms with Gasteiger partial charge in [0.05, 0.1) is 7.11 Å². The average Bonchev–Trinajstić information content (AvgIpc) is 3.23. The Morgan fingerprint density at radius 1 is 1.20 bits per heavy atom. The molecule has 0 radical (unpaired) electrons. The number of ether oxygens (including phenoxy) is 1. The molecular formula is C22H18FN5O2. The number of methoxy groups -OCH3 is 1. The third kappa shape index (κ3) is 3.06. The summed E-state index contributed by atoms with van der Waals surface area (Å²) >= 11 is 0. The van der Waals surface area contributed by atoms with Crippen molar-refractivity contribution < 1.29 is 13.9 Å². The van der Waals surface area contributed by atoms with E-state index < -0.39 is 5.82 Å². The zero-order chi connectivity index (χ0) is 20.7. The van der Waals surface area contributed by atoms with Crippen molar-refractivity contribution in [3.8, 4) is 5.75 Å². The standard InChI is InChI=1S/C22H18FN5O2/c1-30-19-12-15-5-7-27(21-18(23)3-2-6-24-21)22(29)17(15)11-16(19)9-14-4-8-28-20(10-14)25-13-26-28/h2-4,6,8,10-13H,5,7,9H2,1H3. The van der Waals surface area contributed by atoms with Crippen molar-refractivity contribution in [2.24, 2.45) is 0 Å². The van der Waals surface area contributed by atoms with E-state index in [4.69, 9.17) is 4.74 Å². The summed E-state index contributed by atoms with van der Waals surface area (Å²) in [6, 6.07) is 10.5. The van der Waals surface area contributed by atoms with Crippen LogP contribution in [0.3, 0.4) is 0 Å². The lowest BCUT2D eigenvalue weighted by molar-refractivity contribution is 0.0978. The first-order valence-corrected chi connectivity index (χ1v) is 9.54. The molecule has 7 nitrogen and oxygen atoms in total. The van der Waals surface area contributed by atoms with E-state index in [-0.39, 0.29) is 11.7 Å². The molecule has 4 aromatic rings. The highest BCUT2D eigenvalue weighted by molar-refractivity contribution is 6.08. The number of fused-ring (bicyclic) bond motifs is 2. The maximum Gasteiger partial charge on any atom is 0.259 e. The van der Waals surface area contributed by atoms with Crippen LogP contribution in [0.25, 0.3) is 5.65 Å². The first kappa shape index (κ1) is 18.2. The molecule has 8 heteroatoms. The van der Waals surface area contributed by atoms with Gasteiger partial charge in [0.1, 0.15) is 12.1 Å². The van der Waals surface area contributed by atoms with Gasteiger partial charge in [0.25, 0.3) is 5.91 Å². The maximum atomic E-state index is 14.2. The second-order valence-electron chi connectivity index (χ2n) is 7.11. The number of carbonyl (C=O) groups is 1. The highest BCUT2D eigenvalue weighted by atomic mass is 19.1. The van der Waals surface area contributed by atoms with Crippen molar-refractivity contribution in [3.05, 3.63) is 83.2 Å². The van der Waals surface area contributed by atoms with Crippen LogP contribution in [0, 0.1) is 5.82 Å². The molecule has 150 valence electrons. The molecule has 0 spiro atoms. The maximum absolute atomic E-state index is 14.2. The van der Waals surface area contributed by atoms with Crippen LogP contribution in [0.1, 0.15) is 27.0 Å². The second-order valence-corrected chi connectivity index (χ2v) is 7.11. The van der Waals surface area contributed by atoms with E-state index in [1.54, 1.807) is 11.6 Å². The Balaban J connectivity index is 1.52. The highest BCUT2D eigenvalue weighted by Gasteiger charge is 2.29. The van der Waals surface area contributed by atoms with Crippen molar-refractivity contribution >= 4 is 17.4 Å². The van der Waals surface area contributed by atoms with Gasteiger partial charge >= 0.3 is 0 Å². The molecule has 5 rings (SSSR count). The smallest absolute Gasteiger partial charge is 0.259 e. The molecule has 0 N–H and O–H groups in total. The van der Waals surface area contributed by atoms with E-state index in [1.165, 1.54) is 29.6 Å². The van der Waals surface area contributed by atoms with Crippen LogP contribution >= 0.6 is 0 Å². The van der Waals surface area contributed by atoms with Gasteiger partial charge in [-0.2, -0.15) is 5.10 Å². The van der Waals surface area contributed by atoms with Gasteiger partial charge in [-0.1, -0.05) is 0 Å². The number of pyridine rings is 2. The van der Waals surface area contributed by atoms with E-state index in [2.05, 4.69) is 15.1 Å². The molecule has 0 atom stereocenters. The Morgan fingerprint density at radius 2 is 2.10 bits per heavy atom. The number of carbonyl (C=O) groups excluding carboxylic acids is 1. The Labute approximate surface area is 171 Å². The topological polar surface area (TPSA) is 72.6 Å². The highest BCUT2D eigenvalue weighted by Crippen LogP contribution is 2.31. The van der Waals surface area contributed by atoms with E-state index in [0.717, 1.165) is 28.1 Å². The summed E-state index contributed by atoms with van der Waals surface area (Å²) < 4.78 is 21.5. The fourth-order valence-electron chi connectivity index (χ4n) is 3.85. The third-order valence-electron chi connectivity index (χ3n) is 5.32. The normalized spacial score (nSPS) is 13.5. The van der Waals surface area contributed by atoms with Gasteiger partial charge in [-0.05, 0) is 59.5 Å². The molecule has 1 aromatic carbocycles. The van der Waals surface area contributed by atoms with Gasteiger partial charge in [0.15, 0.2) is 17.3 Å². The molecule has 0 aliphatic carbocycles. The molecule has 30 heavy (non-hydrogen) atoms. The van der Waals surface area contributed by atoms with E-state index >= 15 is 0 Å². The summed E-state index contributed by atoms with van der Waals surface area (Å²) in [5.74, 6) is 0.0124. The van der Waals surface area contributed by atoms with Gasteiger partial charge in [0.2, 0.25) is 0 Å². The van der Waals surface area contributed by atoms with Crippen molar-refractivity contribution in [1.82, 2.24) is 19.6 Å². The molecule has 0 saturated heterocycles. The SMILES string of the molecule is COc1cc2c(cc1Cc1ccn3ncnc3c1)C(=O)N(c1ncccc1F)CC2. The van der Waals surface area contributed by atoms with Crippen LogP contribution in [0.15, 0.2) is 55.1 Å². The molecule has 0 saturated carbocycles. The zero-order valence-corrected chi connectivity index (χ0v) is 16.2. The van der Waals surface area contributed by atoms with Crippen LogP contribution in [0.2, 0.25) is 0 Å². The number of rotatable bonds is 4. The summed E-state index contributed by atoms with van der Waals surface area (Å²) in [6.45, 7) is 0.367. The minimum atomic E-state index is -0.510. The molecule has 1 aliphatic heterocycles. The lowest BCUT2D eigenvalue weighted by atomic mass is 9.93. The minimum Gasteiger partial charge on any atom is -0.496 e. The first-order chi connectivity index (χ1) is 14.6. The summed E-state index contributed by atoms with van der Waals surface area (Å²) in [7, 11) is 1.62. The fourth-order valence-corrected chi connectivity index (χ4v) is 3.85. The predicted octanol–water partition coefficient (Wildman–Crippen LogP) is 3.07. The molecule has 0 fully saturated rings. The number of halogens is 1. The van der Waals surface area contributed by atoms with E-state index in [1.807, 2.05) is 30.5 Å². The molecule has 3 aromatic heterocycles. The molecule has 1 amide bonds. The minimum absolute atomic E-state index is 0.0581. The van der Waals surface area contributed by atoms with E-state index in [9.17, 15) is 9.18 Å². The first-order valence-electron chi connectivity index (χ1n) is 9.54. The number of nitrogens with zero attached hydrogens (tertiary/aromatic N) is 5. The number of benzene rings is 1. The fraction of sp³-hybridized carbons (Fsp3) is 0.182. The second kappa shape index (κ2) is 7.22. The number of amides is 1. The number of aromatic nitrogens is 4. The number of hydrogen-bond acceptors (Lipinski definition) is 5. The van der Waals surface area contributed by atoms with Crippen LogP contribution < -0.4 is 9.64 Å². The van der Waals surface area contributed by atoms with Crippen molar-refractivity contribution in [1.29, 1.82) is 0 Å². The van der Waals surface area contributed by atoms with Gasteiger partial charge in [-0.3, -0.25) is 9.69 Å². The summed E-state index contributed by atoms with van der Waals surface area (Å²) in [5, 5.41) is 4.11. The molecule has 4 heterocycles. The van der Waals surface area contributed by atoms with Gasteiger partial charge < -0.3 is 4.74 Å². The molecule has 1 aliphatic rings. The third-order valence-corrected chi connectivity index (χ3v) is 5.32. The molecule has 0 bridgehead atoms. The van der Waals surface area contributed by atoms with Crippen molar-refractivity contribution in [2.75, 3.05) is 18.6 Å². The van der Waals surface area contributed by atoms with Crippen LogP contribution in [-0.4, -0.2) is 39.1 Å². The number of anilines is 1. The van der Waals surface area contributed by atoms with Gasteiger partial charge in [0, 0.05) is 30.9 Å². The van der Waals surface area contributed by atoms with Crippen molar-refractivity contribution in [3.63, 3.8) is 0 Å². The van der Waals surface area contributed by atoms with Gasteiger partial charge in [-0.25, -0.2) is 18.9 Å². The lowest BCUT2D eigenvalue weighted by Crippen LogP contribution is -2.38. The van der Waals surface area contributed by atoms with E-state index in [0.29, 0.717) is 24.9 Å². The quantitative estimate of drug-likeness (QED) is 0.524. The van der Waals surface area contributed by atoms with Gasteiger partial charge in [-0.15, -0.1) is 0 Å². The largest absolute Gasteiger partial charge is 0.496 e. The van der Waals surface area contributed by atoms with Crippen LogP contribution in [0.5, 0.6) is 5.75 Å². The summed E-state index contributed by atoms with van der Waals surface area (Å²) in [4.78, 5) is 22.8. The number of hydrogen-bond donors (Lipinski definition) is 0. The molecular weight excluding hydrogens is 385 g/mol.